The molecule has 0 fully saturated rings. The van der Waals surface area contributed by atoms with Gasteiger partial charge in [-0.3, -0.25) is 9.38 Å². The van der Waals surface area contributed by atoms with Crippen molar-refractivity contribution in [3.8, 4) is 11.4 Å². The largest absolute Gasteiger partial charge is 0.309 e. The molecule has 0 bridgehead atoms. The highest BCUT2D eigenvalue weighted by molar-refractivity contribution is 6.28. The minimum absolute atomic E-state index is 0.945. The van der Waals surface area contributed by atoms with E-state index in [0.29, 0.717) is 0 Å². The lowest BCUT2D eigenvalue weighted by molar-refractivity contribution is 1.17. The molecule has 0 aliphatic carbocycles. The third-order valence-electron chi connectivity index (χ3n) is 8.96. The van der Waals surface area contributed by atoms with Crippen LogP contribution in [0.5, 0.6) is 0 Å². The first-order valence-corrected chi connectivity index (χ1v) is 14.5. The zero-order valence-corrected chi connectivity index (χ0v) is 23.0. The van der Waals surface area contributed by atoms with Gasteiger partial charge in [-0.2, -0.15) is 0 Å². The quantitative estimate of drug-likeness (QED) is 0.202. The van der Waals surface area contributed by atoms with E-state index in [9.17, 15) is 0 Å². The van der Waals surface area contributed by atoms with E-state index < -0.39 is 0 Å². The summed E-state index contributed by atoms with van der Waals surface area (Å²) in [6, 6.07) is 41.5. The first-order chi connectivity index (χ1) is 21.4. The predicted octanol–water partition coefficient (Wildman–Crippen LogP) is 9.23. The Morgan fingerprint density at radius 2 is 1.19 bits per heavy atom. The number of para-hydroxylation sites is 3. The monoisotopic (exact) mass is 549 g/mol. The molecule has 5 heterocycles. The number of fused-ring (bicyclic) bond motifs is 13. The normalized spacial score (nSPS) is 12.2. The second-order valence-electron chi connectivity index (χ2n) is 11.1. The van der Waals surface area contributed by atoms with Crippen LogP contribution in [0.15, 0.2) is 140 Å². The molecule has 5 heteroatoms. The number of aromatic nitrogens is 5. The van der Waals surface area contributed by atoms with Crippen molar-refractivity contribution >= 4 is 70.9 Å². The average molecular weight is 550 g/mol. The first kappa shape index (κ1) is 22.7. The smallest absolute Gasteiger partial charge is 0.145 e. The maximum atomic E-state index is 4.72. The van der Waals surface area contributed by atoms with Gasteiger partial charge in [-0.25, -0.2) is 4.98 Å². The molecule has 43 heavy (non-hydrogen) atoms. The summed E-state index contributed by atoms with van der Waals surface area (Å²) in [6.45, 7) is 0. The van der Waals surface area contributed by atoms with Crippen molar-refractivity contribution in [2.75, 3.05) is 0 Å². The van der Waals surface area contributed by atoms with Gasteiger partial charge in [-0.1, -0.05) is 60.7 Å². The van der Waals surface area contributed by atoms with E-state index in [1.165, 1.54) is 49.0 Å². The molecular weight excluding hydrogens is 526 g/mol. The van der Waals surface area contributed by atoms with E-state index in [4.69, 9.17) is 4.98 Å². The van der Waals surface area contributed by atoms with Gasteiger partial charge in [0, 0.05) is 73.9 Å². The van der Waals surface area contributed by atoms with Gasteiger partial charge in [-0.15, -0.1) is 0 Å². The molecule has 0 saturated carbocycles. The molecule has 0 N–H and O–H groups in total. The second kappa shape index (κ2) is 8.30. The van der Waals surface area contributed by atoms with E-state index >= 15 is 0 Å². The molecule has 0 saturated heterocycles. The van der Waals surface area contributed by atoms with Crippen molar-refractivity contribution in [1.29, 1.82) is 0 Å². The van der Waals surface area contributed by atoms with Crippen molar-refractivity contribution < 1.29 is 0 Å². The molecule has 0 amide bonds. The number of hydrogen-bond acceptors (Lipinski definition) is 2. The van der Waals surface area contributed by atoms with Crippen LogP contribution in [0.3, 0.4) is 0 Å². The molecule has 0 unspecified atom stereocenters. The fraction of sp³-hybridized carbons (Fsp3) is 0. The number of benzene rings is 5. The molecule has 0 radical (unpaired) electrons. The Morgan fingerprint density at radius 3 is 2.02 bits per heavy atom. The third-order valence-corrected chi connectivity index (χ3v) is 8.96. The molecule has 200 valence electrons. The fourth-order valence-corrected chi connectivity index (χ4v) is 7.21. The number of hydrogen-bond donors (Lipinski definition) is 0. The Morgan fingerprint density at radius 1 is 0.465 bits per heavy atom. The average Bonchev–Trinajstić information content (AvgIpc) is 3.77. The SMILES string of the molecule is c1ccc(-n2c3ccccc3c3cc4c5ccc6c(c7cnccc7c7nccn67)c5n(-c5ccccc5)c4cc32)cc1. The van der Waals surface area contributed by atoms with Crippen molar-refractivity contribution in [3.05, 3.63) is 140 Å². The summed E-state index contributed by atoms with van der Waals surface area (Å²) in [6.07, 6.45) is 7.79. The molecule has 5 aromatic heterocycles. The van der Waals surface area contributed by atoms with Crippen LogP contribution in [-0.2, 0) is 0 Å². The lowest BCUT2D eigenvalue weighted by atomic mass is 10.0. The van der Waals surface area contributed by atoms with E-state index in [1.54, 1.807) is 0 Å². The van der Waals surface area contributed by atoms with Gasteiger partial charge in [0.05, 0.1) is 27.6 Å². The molecule has 0 aliphatic rings. The number of nitrogens with zero attached hydrogens (tertiary/aromatic N) is 5. The molecule has 5 nitrogen and oxygen atoms in total. The van der Waals surface area contributed by atoms with Crippen LogP contribution in [0.1, 0.15) is 0 Å². The van der Waals surface area contributed by atoms with Gasteiger partial charge in [0.1, 0.15) is 5.65 Å². The van der Waals surface area contributed by atoms with Gasteiger partial charge in [0.25, 0.3) is 0 Å². The Kier molecular flexibility index (Phi) is 4.39. The van der Waals surface area contributed by atoms with Gasteiger partial charge < -0.3 is 9.13 Å². The van der Waals surface area contributed by atoms with Crippen LogP contribution in [0, 0.1) is 0 Å². The van der Waals surface area contributed by atoms with Crippen molar-refractivity contribution in [2.24, 2.45) is 0 Å². The molecule has 10 rings (SSSR count). The standard InChI is InChI=1S/C38H23N5/c1-3-9-24(10-4-1)42-32-14-8-7-13-26(32)29-21-30-27-15-16-33-36(31-23-39-18-17-28(31)38-40-19-20-41(33)38)37(27)43(35(30)22-34(29)42)25-11-5-2-6-12-25/h1-23H. The maximum absolute atomic E-state index is 4.72. The molecule has 10 aromatic rings. The third kappa shape index (κ3) is 2.95. The summed E-state index contributed by atoms with van der Waals surface area (Å²) < 4.78 is 7.04. The van der Waals surface area contributed by atoms with Crippen LogP contribution in [0.4, 0.5) is 0 Å². The summed E-state index contributed by atoms with van der Waals surface area (Å²) in [5.41, 5.74) is 9.08. The minimum atomic E-state index is 0.945. The predicted molar refractivity (Wildman–Crippen MR) is 177 cm³/mol. The fourth-order valence-electron chi connectivity index (χ4n) is 7.21. The highest BCUT2D eigenvalue weighted by atomic mass is 15.0. The molecule has 0 atom stereocenters. The number of imidazole rings is 1. The zero-order valence-electron chi connectivity index (χ0n) is 23.0. The first-order valence-electron chi connectivity index (χ1n) is 14.5. The highest BCUT2D eigenvalue weighted by Gasteiger charge is 2.22. The van der Waals surface area contributed by atoms with Crippen LogP contribution in [0.25, 0.3) is 82.3 Å². The van der Waals surface area contributed by atoms with E-state index in [-0.39, 0.29) is 0 Å². The Bertz CT molecular complexity index is 2710. The van der Waals surface area contributed by atoms with Crippen LogP contribution in [-0.4, -0.2) is 23.5 Å². The Balaban J connectivity index is 1.49. The molecule has 5 aromatic carbocycles. The van der Waals surface area contributed by atoms with E-state index in [1.807, 2.05) is 18.6 Å². The molecular formula is C38H23N5. The number of pyridine rings is 2. The molecule has 0 spiro atoms. The topological polar surface area (TPSA) is 40.1 Å². The van der Waals surface area contributed by atoms with Crippen molar-refractivity contribution in [1.82, 2.24) is 23.5 Å². The van der Waals surface area contributed by atoms with Crippen LogP contribution < -0.4 is 0 Å². The zero-order chi connectivity index (χ0) is 28.1. The van der Waals surface area contributed by atoms with Crippen molar-refractivity contribution in [3.63, 3.8) is 0 Å². The van der Waals surface area contributed by atoms with Gasteiger partial charge >= 0.3 is 0 Å². The van der Waals surface area contributed by atoms with Gasteiger partial charge in [0.15, 0.2) is 0 Å². The Labute approximate surface area is 245 Å². The summed E-state index contributed by atoms with van der Waals surface area (Å²) in [4.78, 5) is 9.31. The summed E-state index contributed by atoms with van der Waals surface area (Å²) in [7, 11) is 0. The summed E-state index contributed by atoms with van der Waals surface area (Å²) in [5, 5.41) is 8.31. The van der Waals surface area contributed by atoms with Crippen LogP contribution in [0.2, 0.25) is 0 Å². The highest BCUT2D eigenvalue weighted by Crippen LogP contribution is 2.43. The summed E-state index contributed by atoms with van der Waals surface area (Å²) >= 11 is 0. The van der Waals surface area contributed by atoms with E-state index in [2.05, 4.69) is 140 Å². The Hall–Kier alpha value is -5.94. The number of rotatable bonds is 2. The summed E-state index contributed by atoms with van der Waals surface area (Å²) in [5.74, 6) is 0. The lowest BCUT2D eigenvalue weighted by Gasteiger charge is -2.13. The second-order valence-corrected chi connectivity index (χ2v) is 11.1. The minimum Gasteiger partial charge on any atom is -0.309 e. The maximum Gasteiger partial charge on any atom is 0.145 e. The lowest BCUT2D eigenvalue weighted by Crippen LogP contribution is -1.97. The van der Waals surface area contributed by atoms with E-state index in [0.717, 1.165) is 33.3 Å². The van der Waals surface area contributed by atoms with Crippen LogP contribution >= 0.6 is 0 Å². The molecule has 0 aliphatic heterocycles. The van der Waals surface area contributed by atoms with Gasteiger partial charge in [-0.05, 0) is 54.6 Å². The van der Waals surface area contributed by atoms with Gasteiger partial charge in [0.2, 0.25) is 0 Å². The van der Waals surface area contributed by atoms with Crippen molar-refractivity contribution in [2.45, 2.75) is 0 Å².